The molecule has 0 unspecified atom stereocenters. The van der Waals surface area contributed by atoms with Crippen LogP contribution in [0.2, 0.25) is 5.02 Å². The molecular weight excluding hydrogens is 344 g/mol. The molecule has 0 aliphatic carbocycles. The summed E-state index contributed by atoms with van der Waals surface area (Å²) in [6, 6.07) is 4.89. The highest BCUT2D eigenvalue weighted by atomic mass is 35.5. The zero-order valence-corrected chi connectivity index (χ0v) is 14.0. The summed E-state index contributed by atoms with van der Waals surface area (Å²) in [7, 11) is -1.67. The van der Waals surface area contributed by atoms with Crippen molar-refractivity contribution in [3.63, 3.8) is 0 Å². The minimum Gasteiger partial charge on any atom is -0.496 e. The highest BCUT2D eigenvalue weighted by Gasteiger charge is 2.33. The summed E-state index contributed by atoms with van der Waals surface area (Å²) in [5.41, 5.74) is 5.11. The van der Waals surface area contributed by atoms with Gasteiger partial charge in [-0.15, -0.1) is 0 Å². The van der Waals surface area contributed by atoms with Crippen molar-refractivity contribution in [2.24, 2.45) is 5.92 Å². The predicted octanol–water partition coefficient (Wildman–Crippen LogP) is 0.473. The van der Waals surface area contributed by atoms with E-state index in [1.54, 1.807) is 18.2 Å². The average Bonchev–Trinajstić information content (AvgIpc) is 2.85. The molecule has 2 amide bonds. The number of halogens is 1. The molecule has 0 spiro atoms. The summed E-state index contributed by atoms with van der Waals surface area (Å²) in [6.45, 7) is 0. The van der Waals surface area contributed by atoms with Crippen LogP contribution in [0.5, 0.6) is 5.75 Å². The van der Waals surface area contributed by atoms with Crippen molar-refractivity contribution in [1.29, 1.82) is 0 Å². The van der Waals surface area contributed by atoms with Crippen molar-refractivity contribution in [2.45, 2.75) is 12.8 Å². The monoisotopic (exact) mass is 360 g/mol. The number of nitrogens with one attached hydrogen (secondary N) is 2. The molecule has 126 valence electrons. The Kier molecular flexibility index (Phi) is 5.48. The third-order valence-electron chi connectivity index (χ3n) is 3.52. The molecule has 2 rings (SSSR count). The van der Waals surface area contributed by atoms with E-state index in [9.17, 15) is 18.0 Å². The van der Waals surface area contributed by atoms with Gasteiger partial charge in [0.2, 0.25) is 11.8 Å². The highest BCUT2D eigenvalue weighted by molar-refractivity contribution is 7.91. The first-order valence-corrected chi connectivity index (χ1v) is 9.12. The summed E-state index contributed by atoms with van der Waals surface area (Å²) in [4.78, 5) is 23.7. The number of sulfone groups is 1. The zero-order chi connectivity index (χ0) is 17.0. The molecule has 0 radical (unpaired) electrons. The normalized spacial score (nSPS) is 19.1. The predicted molar refractivity (Wildman–Crippen MR) is 84.8 cm³/mol. The van der Waals surface area contributed by atoms with E-state index in [4.69, 9.17) is 16.3 Å². The fraction of sp³-hybridized carbons (Fsp3) is 0.429. The summed E-state index contributed by atoms with van der Waals surface area (Å²) in [5.74, 6) is -1.26. The maximum absolute atomic E-state index is 11.9. The molecule has 7 nitrogen and oxygen atoms in total. The summed E-state index contributed by atoms with van der Waals surface area (Å²) in [5, 5.41) is 0.466. The van der Waals surface area contributed by atoms with E-state index in [-0.39, 0.29) is 24.3 Å². The Morgan fingerprint density at radius 2 is 2.09 bits per heavy atom. The fourth-order valence-electron chi connectivity index (χ4n) is 2.34. The number of rotatable bonds is 4. The summed E-state index contributed by atoms with van der Waals surface area (Å²) in [6.07, 6.45) is 0.235. The van der Waals surface area contributed by atoms with E-state index < -0.39 is 27.6 Å². The Morgan fingerprint density at radius 3 is 2.70 bits per heavy atom. The second-order valence-electron chi connectivity index (χ2n) is 5.27. The van der Waals surface area contributed by atoms with Crippen LogP contribution in [-0.2, 0) is 25.8 Å². The van der Waals surface area contributed by atoms with Crippen LogP contribution in [0.15, 0.2) is 18.2 Å². The van der Waals surface area contributed by atoms with E-state index in [2.05, 4.69) is 10.9 Å². The van der Waals surface area contributed by atoms with Crippen LogP contribution in [0.4, 0.5) is 0 Å². The molecule has 0 saturated carbocycles. The first-order valence-electron chi connectivity index (χ1n) is 6.92. The molecule has 0 bridgehead atoms. The number of methoxy groups -OCH3 is 1. The SMILES string of the molecule is COc1ccc(Cl)cc1CC(=O)NNC(=O)[C@@H]1CCS(=O)(=O)C1. The molecule has 9 heteroatoms. The lowest BCUT2D eigenvalue weighted by Gasteiger charge is -2.12. The van der Waals surface area contributed by atoms with Gasteiger partial charge in [-0.25, -0.2) is 8.42 Å². The van der Waals surface area contributed by atoms with E-state index in [1.165, 1.54) is 7.11 Å². The molecule has 1 heterocycles. The molecule has 0 aromatic heterocycles. The molecule has 1 aliphatic heterocycles. The van der Waals surface area contributed by atoms with Crippen molar-refractivity contribution in [2.75, 3.05) is 18.6 Å². The van der Waals surface area contributed by atoms with Crippen LogP contribution in [0, 0.1) is 5.92 Å². The van der Waals surface area contributed by atoms with Gasteiger partial charge in [-0.1, -0.05) is 11.6 Å². The van der Waals surface area contributed by atoms with Gasteiger partial charge in [-0.2, -0.15) is 0 Å². The second-order valence-corrected chi connectivity index (χ2v) is 7.94. The number of hydrogen-bond acceptors (Lipinski definition) is 5. The van der Waals surface area contributed by atoms with Crippen LogP contribution >= 0.6 is 11.6 Å². The Balaban J connectivity index is 1.88. The second kappa shape index (κ2) is 7.18. The number of hydrogen-bond donors (Lipinski definition) is 2. The van der Waals surface area contributed by atoms with Crippen molar-refractivity contribution >= 4 is 33.3 Å². The molecular formula is C14H17ClN2O5S. The third-order valence-corrected chi connectivity index (χ3v) is 5.52. The Labute approximate surface area is 139 Å². The van der Waals surface area contributed by atoms with Crippen molar-refractivity contribution < 1.29 is 22.7 Å². The number of carbonyl (C=O) groups is 2. The maximum atomic E-state index is 11.9. The molecule has 1 atom stereocenters. The van der Waals surface area contributed by atoms with Crippen molar-refractivity contribution in [3.05, 3.63) is 28.8 Å². The largest absolute Gasteiger partial charge is 0.496 e. The Hall–Kier alpha value is -1.80. The van der Waals surface area contributed by atoms with Crippen LogP contribution in [0.3, 0.4) is 0 Å². The van der Waals surface area contributed by atoms with E-state index in [0.717, 1.165) is 0 Å². The first kappa shape index (κ1) is 17.6. The lowest BCUT2D eigenvalue weighted by atomic mass is 10.1. The van der Waals surface area contributed by atoms with Gasteiger partial charge >= 0.3 is 0 Å². The van der Waals surface area contributed by atoms with Gasteiger partial charge in [-0.05, 0) is 24.6 Å². The average molecular weight is 361 g/mol. The maximum Gasteiger partial charge on any atom is 0.242 e. The van der Waals surface area contributed by atoms with Crippen molar-refractivity contribution in [3.8, 4) is 5.75 Å². The Morgan fingerprint density at radius 1 is 1.35 bits per heavy atom. The van der Waals surface area contributed by atoms with Crippen LogP contribution in [0.1, 0.15) is 12.0 Å². The summed E-state index contributed by atoms with van der Waals surface area (Å²) < 4.78 is 27.8. The number of amides is 2. The minimum absolute atomic E-state index is 0.00124. The number of carbonyl (C=O) groups excluding carboxylic acids is 2. The fourth-order valence-corrected chi connectivity index (χ4v) is 4.27. The molecule has 1 aromatic rings. The van der Waals surface area contributed by atoms with E-state index >= 15 is 0 Å². The van der Waals surface area contributed by atoms with Gasteiger partial charge in [0.1, 0.15) is 5.75 Å². The highest BCUT2D eigenvalue weighted by Crippen LogP contribution is 2.23. The molecule has 2 N–H and O–H groups in total. The van der Waals surface area contributed by atoms with Crippen molar-refractivity contribution in [1.82, 2.24) is 10.9 Å². The molecule has 1 aliphatic rings. The van der Waals surface area contributed by atoms with E-state index in [1.807, 2.05) is 0 Å². The van der Waals surface area contributed by atoms with Gasteiger partial charge in [-0.3, -0.25) is 20.4 Å². The van der Waals surface area contributed by atoms with Gasteiger partial charge in [0.15, 0.2) is 9.84 Å². The topological polar surface area (TPSA) is 102 Å². The van der Waals surface area contributed by atoms with Gasteiger partial charge in [0.25, 0.3) is 0 Å². The summed E-state index contributed by atoms with van der Waals surface area (Å²) >= 11 is 5.88. The van der Waals surface area contributed by atoms with Crippen LogP contribution in [0.25, 0.3) is 0 Å². The lowest BCUT2D eigenvalue weighted by molar-refractivity contribution is -0.130. The molecule has 1 fully saturated rings. The lowest BCUT2D eigenvalue weighted by Crippen LogP contribution is -2.45. The van der Waals surface area contributed by atoms with Gasteiger partial charge < -0.3 is 4.74 Å². The standard InChI is InChI=1S/C14H17ClN2O5S/c1-22-12-3-2-11(15)6-10(12)7-13(18)16-17-14(19)9-4-5-23(20,21)8-9/h2-3,6,9H,4-5,7-8H2,1H3,(H,16,18)(H,17,19)/t9-/m1/s1. The third kappa shape index (κ3) is 4.84. The quantitative estimate of drug-likeness (QED) is 0.760. The molecule has 23 heavy (non-hydrogen) atoms. The van der Waals surface area contributed by atoms with Gasteiger partial charge in [0.05, 0.1) is 31.0 Å². The Bertz CT molecular complexity index is 720. The zero-order valence-electron chi connectivity index (χ0n) is 12.5. The minimum atomic E-state index is -3.15. The molecule has 1 saturated heterocycles. The number of benzene rings is 1. The first-order chi connectivity index (χ1) is 10.8. The van der Waals surface area contributed by atoms with Crippen LogP contribution in [-0.4, -0.2) is 38.8 Å². The number of ether oxygens (including phenoxy) is 1. The number of hydrazine groups is 1. The smallest absolute Gasteiger partial charge is 0.242 e. The van der Waals surface area contributed by atoms with E-state index in [0.29, 0.717) is 16.3 Å². The van der Waals surface area contributed by atoms with Gasteiger partial charge in [0, 0.05) is 10.6 Å². The van der Waals surface area contributed by atoms with Crippen LogP contribution < -0.4 is 15.6 Å². The molecule has 1 aromatic carbocycles.